The standard InChI is InChI=1S/C14H19ClN2/c15-13-4-2-1-3-12(13)14(11-5-6-11)17-9-7-16-8-10-17/h1-4,11,14,16H,5-10H2/t14-/m1/s1. The lowest BCUT2D eigenvalue weighted by atomic mass is 10.00. The molecule has 1 aliphatic heterocycles. The van der Waals surface area contributed by atoms with Crippen LogP contribution in [0.2, 0.25) is 5.02 Å². The van der Waals surface area contributed by atoms with E-state index in [2.05, 4.69) is 22.3 Å². The number of piperazine rings is 1. The fraction of sp³-hybridized carbons (Fsp3) is 0.571. The first kappa shape index (κ1) is 11.5. The number of hydrogen-bond donors (Lipinski definition) is 1. The number of benzene rings is 1. The highest BCUT2D eigenvalue weighted by molar-refractivity contribution is 6.31. The van der Waals surface area contributed by atoms with Gasteiger partial charge in [0.05, 0.1) is 0 Å². The third-order valence-corrected chi connectivity index (χ3v) is 4.18. The van der Waals surface area contributed by atoms with Crippen LogP contribution in [-0.2, 0) is 0 Å². The maximum Gasteiger partial charge on any atom is 0.0453 e. The Morgan fingerprint density at radius 2 is 1.88 bits per heavy atom. The van der Waals surface area contributed by atoms with Gasteiger partial charge in [0.25, 0.3) is 0 Å². The maximum atomic E-state index is 6.37. The molecule has 1 aliphatic carbocycles. The fourth-order valence-corrected chi connectivity index (χ4v) is 3.08. The van der Waals surface area contributed by atoms with Gasteiger partial charge in [-0.25, -0.2) is 0 Å². The Morgan fingerprint density at radius 3 is 2.53 bits per heavy atom. The van der Waals surface area contributed by atoms with E-state index in [1.54, 1.807) is 0 Å². The summed E-state index contributed by atoms with van der Waals surface area (Å²) >= 11 is 6.37. The molecule has 17 heavy (non-hydrogen) atoms. The van der Waals surface area contributed by atoms with Crippen LogP contribution in [0.1, 0.15) is 24.4 Å². The van der Waals surface area contributed by atoms with Crippen LogP contribution in [0.15, 0.2) is 24.3 Å². The number of hydrogen-bond acceptors (Lipinski definition) is 2. The summed E-state index contributed by atoms with van der Waals surface area (Å²) in [4.78, 5) is 2.61. The monoisotopic (exact) mass is 250 g/mol. The van der Waals surface area contributed by atoms with Crippen LogP contribution < -0.4 is 5.32 Å². The highest BCUT2D eigenvalue weighted by atomic mass is 35.5. The smallest absolute Gasteiger partial charge is 0.0453 e. The van der Waals surface area contributed by atoms with Crippen LogP contribution in [0.25, 0.3) is 0 Å². The number of nitrogens with one attached hydrogen (secondary N) is 1. The Kier molecular flexibility index (Phi) is 3.37. The molecule has 1 aromatic carbocycles. The van der Waals surface area contributed by atoms with Crippen molar-refractivity contribution in [3.63, 3.8) is 0 Å². The van der Waals surface area contributed by atoms with Gasteiger partial charge >= 0.3 is 0 Å². The molecule has 1 N–H and O–H groups in total. The Labute approximate surface area is 108 Å². The number of rotatable bonds is 3. The van der Waals surface area contributed by atoms with Gasteiger partial charge in [0.1, 0.15) is 0 Å². The van der Waals surface area contributed by atoms with Crippen molar-refractivity contribution in [2.45, 2.75) is 18.9 Å². The van der Waals surface area contributed by atoms with Gasteiger partial charge < -0.3 is 5.32 Å². The lowest BCUT2D eigenvalue weighted by Gasteiger charge is -2.35. The maximum absolute atomic E-state index is 6.37. The summed E-state index contributed by atoms with van der Waals surface area (Å²) in [6.07, 6.45) is 2.72. The summed E-state index contributed by atoms with van der Waals surface area (Å²) in [5.41, 5.74) is 1.33. The van der Waals surface area contributed by atoms with Crippen LogP contribution in [0, 0.1) is 5.92 Å². The van der Waals surface area contributed by atoms with Crippen molar-refractivity contribution in [1.29, 1.82) is 0 Å². The van der Waals surface area contributed by atoms with Gasteiger partial charge in [-0.05, 0) is 30.4 Å². The molecule has 2 fully saturated rings. The van der Waals surface area contributed by atoms with Crippen molar-refractivity contribution in [2.24, 2.45) is 5.92 Å². The second-order valence-corrected chi connectivity index (χ2v) is 5.50. The molecule has 3 rings (SSSR count). The van der Waals surface area contributed by atoms with E-state index in [1.807, 2.05) is 12.1 Å². The zero-order chi connectivity index (χ0) is 11.7. The average molecular weight is 251 g/mol. The third kappa shape index (κ3) is 2.49. The molecular formula is C14H19ClN2. The van der Waals surface area contributed by atoms with E-state index in [0.29, 0.717) is 6.04 Å². The molecule has 1 heterocycles. The zero-order valence-corrected chi connectivity index (χ0v) is 10.8. The van der Waals surface area contributed by atoms with Crippen LogP contribution in [-0.4, -0.2) is 31.1 Å². The Hall–Kier alpha value is -0.570. The quantitative estimate of drug-likeness (QED) is 0.888. The van der Waals surface area contributed by atoms with Gasteiger partial charge in [-0.15, -0.1) is 0 Å². The molecule has 2 aliphatic rings. The SMILES string of the molecule is Clc1ccccc1[C@@H](C1CC1)N1CCNCC1. The number of nitrogens with zero attached hydrogens (tertiary/aromatic N) is 1. The first-order valence-corrected chi connectivity index (χ1v) is 6.93. The van der Waals surface area contributed by atoms with Crippen LogP contribution >= 0.6 is 11.6 Å². The summed E-state index contributed by atoms with van der Waals surface area (Å²) in [5, 5.41) is 4.35. The predicted molar refractivity (Wildman–Crippen MR) is 71.4 cm³/mol. The van der Waals surface area contributed by atoms with Crippen molar-refractivity contribution in [1.82, 2.24) is 10.2 Å². The molecule has 0 aromatic heterocycles. The minimum Gasteiger partial charge on any atom is -0.314 e. The second kappa shape index (κ2) is 4.97. The third-order valence-electron chi connectivity index (χ3n) is 3.84. The van der Waals surface area contributed by atoms with Gasteiger partial charge in [-0.2, -0.15) is 0 Å². The van der Waals surface area contributed by atoms with E-state index >= 15 is 0 Å². The molecule has 1 saturated heterocycles. The van der Waals surface area contributed by atoms with Gasteiger partial charge in [0.15, 0.2) is 0 Å². The average Bonchev–Trinajstić information content (AvgIpc) is 3.18. The highest BCUT2D eigenvalue weighted by Gasteiger charge is 2.37. The Morgan fingerprint density at radius 1 is 1.18 bits per heavy atom. The molecule has 0 radical (unpaired) electrons. The normalized spacial score (nSPS) is 23.6. The lowest BCUT2D eigenvalue weighted by molar-refractivity contribution is 0.156. The van der Waals surface area contributed by atoms with E-state index in [4.69, 9.17) is 11.6 Å². The van der Waals surface area contributed by atoms with Crippen molar-refractivity contribution in [2.75, 3.05) is 26.2 Å². The zero-order valence-electron chi connectivity index (χ0n) is 10.0. The van der Waals surface area contributed by atoms with Gasteiger partial charge in [-0.1, -0.05) is 29.8 Å². The molecule has 92 valence electrons. The molecule has 1 saturated carbocycles. The van der Waals surface area contributed by atoms with E-state index in [0.717, 1.165) is 37.1 Å². The lowest BCUT2D eigenvalue weighted by Crippen LogP contribution is -2.45. The van der Waals surface area contributed by atoms with Crippen molar-refractivity contribution in [3.8, 4) is 0 Å². The van der Waals surface area contributed by atoms with Crippen LogP contribution in [0.5, 0.6) is 0 Å². The molecule has 1 aromatic rings. The fourth-order valence-electron chi connectivity index (χ4n) is 2.84. The molecule has 0 spiro atoms. The van der Waals surface area contributed by atoms with E-state index in [1.165, 1.54) is 18.4 Å². The molecule has 2 nitrogen and oxygen atoms in total. The van der Waals surface area contributed by atoms with Gasteiger partial charge in [-0.3, -0.25) is 4.90 Å². The van der Waals surface area contributed by atoms with E-state index < -0.39 is 0 Å². The summed E-state index contributed by atoms with van der Waals surface area (Å²) in [7, 11) is 0. The van der Waals surface area contributed by atoms with Crippen molar-refractivity contribution in [3.05, 3.63) is 34.9 Å². The van der Waals surface area contributed by atoms with Crippen LogP contribution in [0.4, 0.5) is 0 Å². The van der Waals surface area contributed by atoms with Gasteiger partial charge in [0, 0.05) is 37.2 Å². The van der Waals surface area contributed by atoms with Crippen LogP contribution in [0.3, 0.4) is 0 Å². The molecule has 0 amide bonds. The van der Waals surface area contributed by atoms with E-state index in [-0.39, 0.29) is 0 Å². The molecule has 1 atom stereocenters. The first-order valence-electron chi connectivity index (χ1n) is 6.55. The summed E-state index contributed by atoms with van der Waals surface area (Å²) in [5.74, 6) is 0.827. The van der Waals surface area contributed by atoms with E-state index in [9.17, 15) is 0 Å². The second-order valence-electron chi connectivity index (χ2n) is 5.09. The Bertz CT molecular complexity index is 384. The van der Waals surface area contributed by atoms with Crippen molar-refractivity contribution >= 4 is 11.6 Å². The molecular weight excluding hydrogens is 232 g/mol. The predicted octanol–water partition coefficient (Wildman–Crippen LogP) is 2.70. The minimum absolute atomic E-state index is 0.547. The highest BCUT2D eigenvalue weighted by Crippen LogP contribution is 2.46. The molecule has 0 bridgehead atoms. The molecule has 3 heteroatoms. The summed E-state index contributed by atoms with van der Waals surface area (Å²) < 4.78 is 0. The topological polar surface area (TPSA) is 15.3 Å². The molecule has 0 unspecified atom stereocenters. The summed E-state index contributed by atoms with van der Waals surface area (Å²) in [6.45, 7) is 4.50. The summed E-state index contributed by atoms with van der Waals surface area (Å²) in [6, 6.07) is 8.90. The van der Waals surface area contributed by atoms with Gasteiger partial charge in [0.2, 0.25) is 0 Å². The minimum atomic E-state index is 0.547. The largest absolute Gasteiger partial charge is 0.314 e. The number of halogens is 1. The Balaban J connectivity index is 1.86. The first-order chi connectivity index (χ1) is 8.36. The van der Waals surface area contributed by atoms with Crippen molar-refractivity contribution < 1.29 is 0 Å².